The van der Waals surface area contributed by atoms with Gasteiger partial charge in [0.2, 0.25) is 5.91 Å². The Kier molecular flexibility index (Phi) is 5.49. The summed E-state index contributed by atoms with van der Waals surface area (Å²) >= 11 is 1.52. The van der Waals surface area contributed by atoms with Crippen molar-refractivity contribution < 1.29 is 14.0 Å². The lowest BCUT2D eigenvalue weighted by Crippen LogP contribution is -2.48. The molecule has 3 rings (SSSR count). The Morgan fingerprint density at radius 1 is 1.20 bits per heavy atom. The van der Waals surface area contributed by atoms with Gasteiger partial charge in [0.1, 0.15) is 11.9 Å². The summed E-state index contributed by atoms with van der Waals surface area (Å²) in [4.78, 5) is 30.2. The lowest BCUT2D eigenvalue weighted by atomic mass is 10.2. The van der Waals surface area contributed by atoms with E-state index in [1.165, 1.54) is 40.9 Å². The highest BCUT2D eigenvalue weighted by Gasteiger charge is 2.34. The number of rotatable bonds is 4. The average molecular weight is 360 g/mol. The molecule has 0 bridgehead atoms. The van der Waals surface area contributed by atoms with Gasteiger partial charge in [0.05, 0.1) is 5.88 Å². The monoisotopic (exact) mass is 360 g/mol. The number of pyridine rings is 1. The summed E-state index contributed by atoms with van der Waals surface area (Å²) in [6.07, 6.45) is 3.32. The summed E-state index contributed by atoms with van der Waals surface area (Å²) in [5.41, 5.74) is 1.43. The van der Waals surface area contributed by atoms with Crippen molar-refractivity contribution in [2.45, 2.75) is 12.6 Å². The Labute approximate surface area is 148 Å². The Morgan fingerprint density at radius 2 is 1.92 bits per heavy atom. The number of aromatic nitrogens is 1. The minimum atomic E-state index is -0.535. The number of halogens is 1. The van der Waals surface area contributed by atoms with E-state index in [1.807, 2.05) is 12.1 Å². The van der Waals surface area contributed by atoms with Crippen molar-refractivity contribution in [1.29, 1.82) is 0 Å². The van der Waals surface area contributed by atoms with Gasteiger partial charge in [-0.15, -0.1) is 11.8 Å². The summed E-state index contributed by atoms with van der Waals surface area (Å²) in [6, 6.07) is 8.24. The number of anilines is 1. The Morgan fingerprint density at radius 3 is 2.64 bits per heavy atom. The molecule has 2 heterocycles. The molecule has 1 aromatic heterocycles. The van der Waals surface area contributed by atoms with Crippen LogP contribution in [0.5, 0.6) is 0 Å². The van der Waals surface area contributed by atoms with Crippen LogP contribution in [0.4, 0.5) is 14.9 Å². The van der Waals surface area contributed by atoms with Crippen LogP contribution in [-0.2, 0) is 11.3 Å². The van der Waals surface area contributed by atoms with Crippen LogP contribution in [0.25, 0.3) is 0 Å². The maximum Gasteiger partial charge on any atom is 0.323 e. The molecule has 1 fully saturated rings. The minimum absolute atomic E-state index is 0.198. The first-order valence-corrected chi connectivity index (χ1v) is 8.86. The molecular weight excluding hydrogens is 343 g/mol. The summed E-state index contributed by atoms with van der Waals surface area (Å²) in [6.45, 7) is 0.385. The average Bonchev–Trinajstić information content (AvgIpc) is 3.12. The fourth-order valence-electron chi connectivity index (χ4n) is 2.40. The number of nitrogens with zero attached hydrogens (tertiary/aromatic N) is 2. The van der Waals surface area contributed by atoms with Crippen molar-refractivity contribution in [3.05, 3.63) is 60.2 Å². The highest BCUT2D eigenvalue weighted by atomic mass is 32.2. The summed E-state index contributed by atoms with van der Waals surface area (Å²) in [5, 5.41) is 5.53. The molecule has 130 valence electrons. The number of thioether (sulfide) groups is 1. The number of hydrogen-bond acceptors (Lipinski definition) is 4. The molecule has 1 saturated heterocycles. The van der Waals surface area contributed by atoms with Crippen LogP contribution >= 0.6 is 11.8 Å². The second-order valence-electron chi connectivity index (χ2n) is 5.50. The van der Waals surface area contributed by atoms with Crippen LogP contribution in [0.3, 0.4) is 0 Å². The molecule has 1 aliphatic heterocycles. The van der Waals surface area contributed by atoms with Gasteiger partial charge in [-0.05, 0) is 42.0 Å². The van der Waals surface area contributed by atoms with Crippen LogP contribution in [0, 0.1) is 5.82 Å². The number of nitrogens with one attached hydrogen (secondary N) is 2. The second kappa shape index (κ2) is 7.98. The number of hydrogen-bond donors (Lipinski definition) is 2. The van der Waals surface area contributed by atoms with E-state index in [9.17, 15) is 14.0 Å². The third kappa shape index (κ3) is 4.48. The highest BCUT2D eigenvalue weighted by Crippen LogP contribution is 2.22. The molecule has 0 spiro atoms. The smallest absolute Gasteiger partial charge is 0.323 e. The van der Waals surface area contributed by atoms with Crippen LogP contribution in [-0.4, -0.2) is 39.5 Å². The van der Waals surface area contributed by atoms with Crippen LogP contribution < -0.4 is 10.6 Å². The van der Waals surface area contributed by atoms with Gasteiger partial charge in [0.15, 0.2) is 0 Å². The van der Waals surface area contributed by atoms with Crippen molar-refractivity contribution >= 4 is 29.4 Å². The van der Waals surface area contributed by atoms with E-state index in [4.69, 9.17) is 0 Å². The lowest BCUT2D eigenvalue weighted by molar-refractivity contribution is -0.124. The van der Waals surface area contributed by atoms with E-state index in [0.29, 0.717) is 23.9 Å². The molecule has 1 aliphatic rings. The zero-order chi connectivity index (χ0) is 17.6. The molecule has 0 radical (unpaired) electrons. The van der Waals surface area contributed by atoms with E-state index >= 15 is 0 Å². The van der Waals surface area contributed by atoms with Gasteiger partial charge in [-0.25, -0.2) is 9.18 Å². The molecule has 1 atom stereocenters. The van der Waals surface area contributed by atoms with Crippen LogP contribution in [0.15, 0.2) is 48.8 Å². The van der Waals surface area contributed by atoms with Crippen molar-refractivity contribution in [2.75, 3.05) is 16.9 Å². The summed E-state index contributed by atoms with van der Waals surface area (Å²) in [5.74, 6) is 0.401. The highest BCUT2D eigenvalue weighted by molar-refractivity contribution is 7.99. The topological polar surface area (TPSA) is 74.3 Å². The molecule has 2 N–H and O–H groups in total. The second-order valence-corrected chi connectivity index (χ2v) is 6.50. The normalized spacial score (nSPS) is 16.5. The maximum atomic E-state index is 12.9. The van der Waals surface area contributed by atoms with E-state index in [0.717, 1.165) is 5.56 Å². The quantitative estimate of drug-likeness (QED) is 0.878. The molecule has 25 heavy (non-hydrogen) atoms. The van der Waals surface area contributed by atoms with Crippen molar-refractivity contribution in [1.82, 2.24) is 15.2 Å². The fourth-order valence-corrected chi connectivity index (χ4v) is 3.55. The largest absolute Gasteiger partial charge is 0.350 e. The third-order valence-electron chi connectivity index (χ3n) is 3.76. The van der Waals surface area contributed by atoms with Gasteiger partial charge in [-0.3, -0.25) is 9.78 Å². The number of benzene rings is 1. The zero-order valence-corrected chi connectivity index (χ0v) is 14.1. The van der Waals surface area contributed by atoms with E-state index in [2.05, 4.69) is 15.6 Å². The van der Waals surface area contributed by atoms with Gasteiger partial charge in [0, 0.05) is 30.4 Å². The number of amides is 3. The Bertz CT molecular complexity index is 742. The first-order chi connectivity index (χ1) is 12.1. The van der Waals surface area contributed by atoms with Crippen LogP contribution in [0.2, 0.25) is 0 Å². The fraction of sp³-hybridized carbons (Fsp3) is 0.235. The van der Waals surface area contributed by atoms with Gasteiger partial charge in [0.25, 0.3) is 0 Å². The maximum absolute atomic E-state index is 12.9. The van der Waals surface area contributed by atoms with Crippen molar-refractivity contribution in [2.24, 2.45) is 0 Å². The molecule has 3 amide bonds. The molecule has 6 nitrogen and oxygen atoms in total. The van der Waals surface area contributed by atoms with E-state index in [1.54, 1.807) is 12.4 Å². The predicted octanol–water partition coefficient (Wildman–Crippen LogP) is 2.44. The van der Waals surface area contributed by atoms with Gasteiger partial charge >= 0.3 is 6.03 Å². The first kappa shape index (κ1) is 17.2. The lowest BCUT2D eigenvalue weighted by Gasteiger charge is -2.23. The molecule has 0 aliphatic carbocycles. The Hall–Kier alpha value is -2.61. The van der Waals surface area contributed by atoms with Crippen molar-refractivity contribution in [3.8, 4) is 0 Å². The Balaban J connectivity index is 1.58. The molecule has 0 unspecified atom stereocenters. The zero-order valence-electron chi connectivity index (χ0n) is 13.3. The minimum Gasteiger partial charge on any atom is -0.350 e. The standard InChI is InChI=1S/C17H17FN4O2S/c18-13-1-3-14(4-2-13)21-17(24)22-11-25-10-15(22)16(23)20-9-12-5-7-19-8-6-12/h1-8,15H,9-11H2,(H,20,23)(H,21,24)/t15-/m0/s1. The molecule has 1 aromatic carbocycles. The van der Waals surface area contributed by atoms with E-state index < -0.39 is 6.04 Å². The molecular formula is C17H17FN4O2S. The summed E-state index contributed by atoms with van der Waals surface area (Å²) < 4.78 is 12.9. The SMILES string of the molecule is O=C(NCc1ccncc1)[C@@H]1CSCN1C(=O)Nc1ccc(F)cc1. The third-order valence-corrected chi connectivity index (χ3v) is 4.77. The number of carbonyl (C=O) groups is 2. The predicted molar refractivity (Wildman–Crippen MR) is 94.5 cm³/mol. The van der Waals surface area contributed by atoms with Gasteiger partial charge < -0.3 is 15.5 Å². The molecule has 8 heteroatoms. The molecule has 2 aromatic rings. The van der Waals surface area contributed by atoms with Crippen molar-refractivity contribution in [3.63, 3.8) is 0 Å². The van der Waals surface area contributed by atoms with E-state index in [-0.39, 0.29) is 17.8 Å². The van der Waals surface area contributed by atoms with Gasteiger partial charge in [-0.1, -0.05) is 0 Å². The number of carbonyl (C=O) groups excluding carboxylic acids is 2. The first-order valence-electron chi connectivity index (χ1n) is 7.71. The van der Waals surface area contributed by atoms with Crippen LogP contribution in [0.1, 0.15) is 5.56 Å². The van der Waals surface area contributed by atoms with Gasteiger partial charge in [-0.2, -0.15) is 0 Å². The number of urea groups is 1. The summed E-state index contributed by atoms with van der Waals surface area (Å²) in [7, 11) is 0. The molecule has 0 saturated carbocycles.